The molecule has 0 aliphatic carbocycles. The van der Waals surface area contributed by atoms with Gasteiger partial charge in [-0.2, -0.15) is 0 Å². The van der Waals surface area contributed by atoms with E-state index in [0.29, 0.717) is 0 Å². The smallest absolute Gasteiger partial charge is 0.157 e. The third-order valence-corrected chi connectivity index (χ3v) is 4.61. The Morgan fingerprint density at radius 3 is 2.81 bits per heavy atom. The molecular formula is C10H12ClN3S2. The molecule has 6 heteroatoms. The zero-order valence-electron chi connectivity index (χ0n) is 9.03. The molecule has 1 atom stereocenters. The molecule has 1 N–H and O–H groups in total. The van der Waals surface area contributed by atoms with Gasteiger partial charge >= 0.3 is 0 Å². The van der Waals surface area contributed by atoms with Crippen LogP contribution in [0.3, 0.4) is 0 Å². The van der Waals surface area contributed by atoms with Crippen molar-refractivity contribution in [1.29, 1.82) is 0 Å². The average Bonchev–Trinajstić information content (AvgIpc) is 2.85. The van der Waals surface area contributed by atoms with Gasteiger partial charge in [0.25, 0.3) is 0 Å². The third-order valence-electron chi connectivity index (χ3n) is 2.11. The lowest BCUT2D eigenvalue weighted by molar-refractivity contribution is 0.590. The normalized spacial score (nSPS) is 12.9. The highest BCUT2D eigenvalue weighted by atomic mass is 35.5. The summed E-state index contributed by atoms with van der Waals surface area (Å²) >= 11 is 9.04. The maximum Gasteiger partial charge on any atom is 0.157 e. The van der Waals surface area contributed by atoms with E-state index in [-0.39, 0.29) is 6.04 Å². The molecule has 0 saturated carbocycles. The number of nitrogens with zero attached hydrogens (tertiary/aromatic N) is 2. The maximum absolute atomic E-state index is 5.89. The molecule has 0 aliphatic heterocycles. The molecule has 0 aromatic carbocycles. The number of aromatic nitrogens is 2. The molecule has 2 aromatic rings. The highest BCUT2D eigenvalue weighted by Gasteiger charge is 2.13. The van der Waals surface area contributed by atoms with Crippen LogP contribution < -0.4 is 5.32 Å². The Hall–Kier alpha value is -0.490. The molecule has 0 amide bonds. The summed E-state index contributed by atoms with van der Waals surface area (Å²) in [6.45, 7) is 5.10. The van der Waals surface area contributed by atoms with Crippen molar-refractivity contribution in [1.82, 2.24) is 15.5 Å². The second-order valence-electron chi connectivity index (χ2n) is 3.33. The Bertz CT molecular complexity index is 466. The summed E-state index contributed by atoms with van der Waals surface area (Å²) in [5, 5.41) is 13.6. The number of nitrogens with one attached hydrogen (secondary N) is 1. The molecule has 0 radical (unpaired) electrons. The van der Waals surface area contributed by atoms with E-state index in [9.17, 15) is 0 Å². The van der Waals surface area contributed by atoms with Gasteiger partial charge in [-0.15, -0.1) is 21.5 Å². The first-order valence-electron chi connectivity index (χ1n) is 5.03. The van der Waals surface area contributed by atoms with E-state index in [0.717, 1.165) is 25.8 Å². The summed E-state index contributed by atoms with van der Waals surface area (Å²) in [6.07, 6.45) is 0. The van der Waals surface area contributed by atoms with Crippen LogP contribution in [0.25, 0.3) is 9.88 Å². The molecule has 2 heterocycles. The topological polar surface area (TPSA) is 37.8 Å². The first-order chi connectivity index (χ1) is 7.70. The predicted molar refractivity (Wildman–Crippen MR) is 70.3 cm³/mol. The second kappa shape index (κ2) is 5.23. The van der Waals surface area contributed by atoms with Crippen LogP contribution in [-0.2, 0) is 0 Å². The van der Waals surface area contributed by atoms with Crippen molar-refractivity contribution in [2.45, 2.75) is 19.9 Å². The lowest BCUT2D eigenvalue weighted by Crippen LogP contribution is -2.17. The molecule has 0 spiro atoms. The van der Waals surface area contributed by atoms with E-state index >= 15 is 0 Å². The average molecular weight is 274 g/mol. The van der Waals surface area contributed by atoms with Gasteiger partial charge in [0.15, 0.2) is 5.01 Å². The standard InChI is InChI=1S/C10H12ClN3S2/c1-3-12-6(2)9-13-14-10(16-9)7-4-5-8(11)15-7/h4-6,12H,3H2,1-2H3. The van der Waals surface area contributed by atoms with Crippen molar-refractivity contribution in [2.75, 3.05) is 6.54 Å². The Morgan fingerprint density at radius 1 is 1.38 bits per heavy atom. The molecule has 0 saturated heterocycles. The summed E-state index contributed by atoms with van der Waals surface area (Å²) in [4.78, 5) is 1.08. The molecule has 0 aliphatic rings. The summed E-state index contributed by atoms with van der Waals surface area (Å²) in [7, 11) is 0. The zero-order valence-corrected chi connectivity index (χ0v) is 11.4. The zero-order chi connectivity index (χ0) is 11.5. The van der Waals surface area contributed by atoms with Gasteiger partial charge in [-0.25, -0.2) is 0 Å². The molecular weight excluding hydrogens is 262 g/mol. The first kappa shape index (κ1) is 12.0. The number of halogens is 1. The van der Waals surface area contributed by atoms with Crippen LogP contribution in [0.15, 0.2) is 12.1 Å². The predicted octanol–water partition coefficient (Wildman–Crippen LogP) is 3.59. The quantitative estimate of drug-likeness (QED) is 0.925. The van der Waals surface area contributed by atoms with Gasteiger partial charge in [-0.05, 0) is 25.6 Å². The van der Waals surface area contributed by atoms with Gasteiger partial charge < -0.3 is 5.32 Å². The molecule has 3 nitrogen and oxygen atoms in total. The number of rotatable bonds is 4. The van der Waals surface area contributed by atoms with Gasteiger partial charge in [0.05, 0.1) is 15.3 Å². The lowest BCUT2D eigenvalue weighted by atomic mass is 10.3. The number of hydrogen-bond donors (Lipinski definition) is 1. The van der Waals surface area contributed by atoms with Gasteiger partial charge in [0, 0.05) is 0 Å². The monoisotopic (exact) mass is 273 g/mol. The van der Waals surface area contributed by atoms with Gasteiger partial charge in [-0.3, -0.25) is 0 Å². The summed E-state index contributed by atoms with van der Waals surface area (Å²) in [6, 6.07) is 4.12. The minimum atomic E-state index is 0.256. The SMILES string of the molecule is CCNC(C)c1nnc(-c2ccc(Cl)s2)s1. The summed E-state index contributed by atoms with van der Waals surface area (Å²) < 4.78 is 0.784. The molecule has 0 fully saturated rings. The van der Waals surface area contributed by atoms with Crippen LogP contribution in [0.1, 0.15) is 24.9 Å². The van der Waals surface area contributed by atoms with E-state index in [2.05, 4.69) is 29.4 Å². The van der Waals surface area contributed by atoms with Crippen LogP contribution in [0.2, 0.25) is 4.34 Å². The van der Waals surface area contributed by atoms with Crippen molar-refractivity contribution < 1.29 is 0 Å². The fraction of sp³-hybridized carbons (Fsp3) is 0.400. The Morgan fingerprint density at radius 2 is 2.19 bits per heavy atom. The molecule has 2 rings (SSSR count). The van der Waals surface area contributed by atoms with Crippen molar-refractivity contribution >= 4 is 34.3 Å². The van der Waals surface area contributed by atoms with E-state index in [4.69, 9.17) is 11.6 Å². The molecule has 86 valence electrons. The summed E-state index contributed by atoms with van der Waals surface area (Å²) in [5.74, 6) is 0. The van der Waals surface area contributed by atoms with E-state index in [1.807, 2.05) is 12.1 Å². The fourth-order valence-corrected chi connectivity index (χ4v) is 3.29. The highest BCUT2D eigenvalue weighted by molar-refractivity contribution is 7.23. The highest BCUT2D eigenvalue weighted by Crippen LogP contribution is 2.33. The second-order valence-corrected chi connectivity index (χ2v) is 6.05. The Labute approximate surface area is 107 Å². The van der Waals surface area contributed by atoms with E-state index in [1.165, 1.54) is 11.3 Å². The maximum atomic E-state index is 5.89. The van der Waals surface area contributed by atoms with Crippen molar-refractivity contribution in [3.8, 4) is 9.88 Å². The van der Waals surface area contributed by atoms with Crippen LogP contribution in [0.4, 0.5) is 0 Å². The van der Waals surface area contributed by atoms with Gasteiger partial charge in [0.2, 0.25) is 0 Å². The number of hydrogen-bond acceptors (Lipinski definition) is 5. The van der Waals surface area contributed by atoms with Crippen LogP contribution in [0.5, 0.6) is 0 Å². The van der Waals surface area contributed by atoms with Gasteiger partial charge in [-0.1, -0.05) is 29.9 Å². The molecule has 16 heavy (non-hydrogen) atoms. The molecule has 0 bridgehead atoms. The van der Waals surface area contributed by atoms with E-state index < -0.39 is 0 Å². The van der Waals surface area contributed by atoms with Crippen LogP contribution in [-0.4, -0.2) is 16.7 Å². The van der Waals surface area contributed by atoms with Crippen molar-refractivity contribution in [3.63, 3.8) is 0 Å². The molecule has 2 aromatic heterocycles. The van der Waals surface area contributed by atoms with Crippen LogP contribution in [0, 0.1) is 0 Å². The molecule has 1 unspecified atom stereocenters. The van der Waals surface area contributed by atoms with Crippen LogP contribution >= 0.6 is 34.3 Å². The minimum Gasteiger partial charge on any atom is -0.308 e. The Kier molecular flexibility index (Phi) is 3.91. The lowest BCUT2D eigenvalue weighted by Gasteiger charge is -2.06. The number of thiophene rings is 1. The van der Waals surface area contributed by atoms with Crippen molar-refractivity contribution in [3.05, 3.63) is 21.5 Å². The van der Waals surface area contributed by atoms with Crippen molar-refractivity contribution in [2.24, 2.45) is 0 Å². The largest absolute Gasteiger partial charge is 0.308 e. The first-order valence-corrected chi connectivity index (χ1v) is 7.04. The summed E-state index contributed by atoms with van der Waals surface area (Å²) in [5.41, 5.74) is 0. The van der Waals surface area contributed by atoms with Gasteiger partial charge in [0.1, 0.15) is 5.01 Å². The fourth-order valence-electron chi connectivity index (χ4n) is 1.33. The van der Waals surface area contributed by atoms with E-state index in [1.54, 1.807) is 11.3 Å². The Balaban J connectivity index is 2.19. The minimum absolute atomic E-state index is 0.256. The third kappa shape index (κ3) is 2.60.